The topological polar surface area (TPSA) is 83.6 Å². The monoisotopic (exact) mass is 274 g/mol. The quantitative estimate of drug-likeness (QED) is 0.638. The molecule has 1 fully saturated rings. The molecule has 20 heavy (non-hydrogen) atoms. The Morgan fingerprint density at radius 3 is 2.65 bits per heavy atom. The Labute approximate surface area is 115 Å². The van der Waals surface area contributed by atoms with Crippen molar-refractivity contribution in [1.29, 1.82) is 0 Å². The minimum atomic E-state index is -0.933. The SMILES string of the molecule is Cc1ccccc1C(=O)N(C=O)C1CCC(=O)NC1=O. The molecule has 1 heterocycles. The number of hydrogen-bond donors (Lipinski definition) is 1. The molecular weight excluding hydrogens is 260 g/mol. The van der Waals surface area contributed by atoms with E-state index in [1.165, 1.54) is 0 Å². The smallest absolute Gasteiger partial charge is 0.261 e. The summed E-state index contributed by atoms with van der Waals surface area (Å²) in [6.45, 7) is 1.75. The van der Waals surface area contributed by atoms with Crippen LogP contribution in [0.5, 0.6) is 0 Å². The van der Waals surface area contributed by atoms with E-state index in [1.54, 1.807) is 31.2 Å². The van der Waals surface area contributed by atoms with Gasteiger partial charge in [-0.25, -0.2) is 0 Å². The van der Waals surface area contributed by atoms with Crippen LogP contribution in [0.4, 0.5) is 0 Å². The molecule has 0 aliphatic carbocycles. The molecule has 6 heteroatoms. The van der Waals surface area contributed by atoms with E-state index in [0.717, 1.165) is 10.5 Å². The van der Waals surface area contributed by atoms with Crippen LogP contribution in [0.15, 0.2) is 24.3 Å². The predicted molar refractivity (Wildman–Crippen MR) is 69.6 cm³/mol. The Hall–Kier alpha value is -2.50. The molecule has 1 saturated heterocycles. The zero-order chi connectivity index (χ0) is 14.7. The first-order chi connectivity index (χ1) is 9.54. The Balaban J connectivity index is 2.26. The Bertz CT molecular complexity index is 582. The maximum Gasteiger partial charge on any atom is 0.261 e. The van der Waals surface area contributed by atoms with E-state index in [-0.39, 0.29) is 18.7 Å². The first-order valence-electron chi connectivity index (χ1n) is 6.22. The number of imide groups is 2. The van der Waals surface area contributed by atoms with E-state index in [0.29, 0.717) is 12.0 Å². The lowest BCUT2D eigenvalue weighted by atomic mass is 10.0. The second-order valence-electron chi connectivity index (χ2n) is 4.60. The average molecular weight is 274 g/mol. The third-order valence-corrected chi connectivity index (χ3v) is 3.27. The van der Waals surface area contributed by atoms with Gasteiger partial charge in [0.1, 0.15) is 6.04 Å². The summed E-state index contributed by atoms with van der Waals surface area (Å²) in [6.07, 6.45) is 0.609. The Morgan fingerprint density at radius 2 is 2.05 bits per heavy atom. The highest BCUT2D eigenvalue weighted by Crippen LogP contribution is 2.16. The van der Waals surface area contributed by atoms with E-state index in [2.05, 4.69) is 5.32 Å². The van der Waals surface area contributed by atoms with Crippen molar-refractivity contribution in [3.8, 4) is 0 Å². The number of carbonyl (C=O) groups is 4. The van der Waals surface area contributed by atoms with Crippen LogP contribution in [-0.4, -0.2) is 35.1 Å². The van der Waals surface area contributed by atoms with Gasteiger partial charge in [-0.15, -0.1) is 0 Å². The van der Waals surface area contributed by atoms with Gasteiger partial charge in [0.25, 0.3) is 5.91 Å². The molecule has 1 atom stereocenters. The van der Waals surface area contributed by atoms with Crippen molar-refractivity contribution in [3.05, 3.63) is 35.4 Å². The Morgan fingerprint density at radius 1 is 1.35 bits per heavy atom. The third-order valence-electron chi connectivity index (χ3n) is 3.27. The van der Waals surface area contributed by atoms with Crippen molar-refractivity contribution < 1.29 is 19.2 Å². The number of aryl methyl sites for hydroxylation is 1. The van der Waals surface area contributed by atoms with Crippen LogP contribution in [0.2, 0.25) is 0 Å². The minimum absolute atomic E-state index is 0.113. The molecule has 0 bridgehead atoms. The van der Waals surface area contributed by atoms with E-state index in [1.807, 2.05) is 0 Å². The number of amides is 4. The predicted octanol–water partition coefficient (Wildman–Crippen LogP) is 0.399. The number of hydrogen-bond acceptors (Lipinski definition) is 4. The zero-order valence-corrected chi connectivity index (χ0v) is 11.0. The summed E-state index contributed by atoms with van der Waals surface area (Å²) in [7, 11) is 0. The minimum Gasteiger partial charge on any atom is -0.295 e. The lowest BCUT2D eigenvalue weighted by Crippen LogP contribution is -2.53. The number of benzene rings is 1. The van der Waals surface area contributed by atoms with Crippen molar-refractivity contribution in [1.82, 2.24) is 10.2 Å². The van der Waals surface area contributed by atoms with Crippen molar-refractivity contribution in [2.45, 2.75) is 25.8 Å². The molecular formula is C14H14N2O4. The maximum absolute atomic E-state index is 12.4. The highest BCUT2D eigenvalue weighted by atomic mass is 16.2. The summed E-state index contributed by atoms with van der Waals surface area (Å²) in [4.78, 5) is 47.2. The standard InChI is InChI=1S/C14H14N2O4/c1-9-4-2-3-5-10(9)14(20)16(8-17)11-6-7-12(18)15-13(11)19/h2-5,8,11H,6-7H2,1H3,(H,15,18,19). The van der Waals surface area contributed by atoms with Crippen LogP contribution in [0.1, 0.15) is 28.8 Å². The van der Waals surface area contributed by atoms with Crippen molar-refractivity contribution in [3.63, 3.8) is 0 Å². The van der Waals surface area contributed by atoms with Gasteiger partial charge in [0, 0.05) is 12.0 Å². The van der Waals surface area contributed by atoms with E-state index >= 15 is 0 Å². The number of carbonyl (C=O) groups excluding carboxylic acids is 4. The molecule has 1 aromatic rings. The van der Waals surface area contributed by atoms with Crippen LogP contribution in [0, 0.1) is 6.92 Å². The molecule has 1 aliphatic heterocycles. The van der Waals surface area contributed by atoms with Gasteiger partial charge in [-0.1, -0.05) is 18.2 Å². The average Bonchev–Trinajstić information content (AvgIpc) is 2.42. The van der Waals surface area contributed by atoms with Gasteiger partial charge >= 0.3 is 0 Å². The summed E-state index contributed by atoms with van der Waals surface area (Å²) < 4.78 is 0. The van der Waals surface area contributed by atoms with Gasteiger partial charge in [-0.2, -0.15) is 0 Å². The molecule has 0 aromatic heterocycles. The first kappa shape index (κ1) is 13.9. The lowest BCUT2D eigenvalue weighted by molar-refractivity contribution is -0.139. The van der Waals surface area contributed by atoms with Crippen LogP contribution in [0.25, 0.3) is 0 Å². The molecule has 1 aliphatic rings. The van der Waals surface area contributed by atoms with Gasteiger partial charge in [-0.05, 0) is 25.0 Å². The van der Waals surface area contributed by atoms with Gasteiger partial charge in [0.15, 0.2) is 0 Å². The van der Waals surface area contributed by atoms with Gasteiger partial charge in [0.05, 0.1) is 0 Å². The van der Waals surface area contributed by atoms with Crippen LogP contribution in [-0.2, 0) is 14.4 Å². The molecule has 0 saturated carbocycles. The van der Waals surface area contributed by atoms with Crippen molar-refractivity contribution >= 4 is 24.1 Å². The number of nitrogens with one attached hydrogen (secondary N) is 1. The maximum atomic E-state index is 12.4. The second-order valence-corrected chi connectivity index (χ2v) is 4.60. The lowest BCUT2D eigenvalue weighted by Gasteiger charge is -2.28. The van der Waals surface area contributed by atoms with E-state index < -0.39 is 17.9 Å². The van der Waals surface area contributed by atoms with E-state index in [4.69, 9.17) is 0 Å². The highest BCUT2D eigenvalue weighted by Gasteiger charge is 2.35. The highest BCUT2D eigenvalue weighted by molar-refractivity contribution is 6.07. The molecule has 1 unspecified atom stereocenters. The van der Waals surface area contributed by atoms with Crippen LogP contribution >= 0.6 is 0 Å². The fourth-order valence-electron chi connectivity index (χ4n) is 2.16. The molecule has 0 radical (unpaired) electrons. The van der Waals surface area contributed by atoms with Gasteiger partial charge in [-0.3, -0.25) is 29.4 Å². The molecule has 4 amide bonds. The summed E-state index contributed by atoms with van der Waals surface area (Å²) in [6, 6.07) is 5.88. The number of rotatable bonds is 3. The zero-order valence-electron chi connectivity index (χ0n) is 11.0. The number of nitrogens with zero attached hydrogens (tertiary/aromatic N) is 1. The summed E-state index contributed by atoms with van der Waals surface area (Å²) in [5.74, 6) is -1.54. The van der Waals surface area contributed by atoms with Crippen LogP contribution in [0.3, 0.4) is 0 Å². The van der Waals surface area contributed by atoms with Crippen LogP contribution < -0.4 is 5.32 Å². The molecule has 6 nitrogen and oxygen atoms in total. The normalized spacial score (nSPS) is 18.4. The third kappa shape index (κ3) is 2.59. The summed E-state index contributed by atoms with van der Waals surface area (Å²) >= 11 is 0. The Kier molecular flexibility index (Phi) is 3.93. The fourth-order valence-corrected chi connectivity index (χ4v) is 2.16. The van der Waals surface area contributed by atoms with E-state index in [9.17, 15) is 19.2 Å². The molecule has 0 spiro atoms. The first-order valence-corrected chi connectivity index (χ1v) is 6.22. The van der Waals surface area contributed by atoms with Gasteiger partial charge in [0.2, 0.25) is 18.2 Å². The van der Waals surface area contributed by atoms with Crippen molar-refractivity contribution in [2.24, 2.45) is 0 Å². The van der Waals surface area contributed by atoms with Gasteiger partial charge < -0.3 is 0 Å². The number of piperidine rings is 1. The fraction of sp³-hybridized carbons (Fsp3) is 0.286. The van der Waals surface area contributed by atoms with Crippen molar-refractivity contribution in [2.75, 3.05) is 0 Å². The summed E-state index contributed by atoms with van der Waals surface area (Å²) in [5.41, 5.74) is 1.08. The second kappa shape index (κ2) is 5.64. The molecule has 2 rings (SSSR count). The molecule has 1 N–H and O–H groups in total. The molecule has 104 valence electrons. The molecule has 1 aromatic carbocycles. The largest absolute Gasteiger partial charge is 0.295 e. The summed E-state index contributed by atoms with van der Waals surface area (Å²) in [5, 5.41) is 2.13.